The molecule has 13 heavy (non-hydrogen) atoms. The monoisotopic (exact) mass is 182 g/mol. The molecule has 0 N–H and O–H groups in total. The summed E-state index contributed by atoms with van der Waals surface area (Å²) in [6.45, 7) is 13.8. The Morgan fingerprint density at radius 2 is 1.77 bits per heavy atom. The molecule has 0 bridgehead atoms. The van der Waals surface area contributed by atoms with Gasteiger partial charge in [-0.2, -0.15) is 0 Å². The third kappa shape index (κ3) is 3.97. The average molecular weight is 182 g/mol. The van der Waals surface area contributed by atoms with E-state index < -0.39 is 0 Å². The largest absolute Gasteiger partial charge is 0.0884 e. The van der Waals surface area contributed by atoms with E-state index in [2.05, 4.69) is 47.6 Å². The molecule has 0 aliphatic rings. The summed E-state index contributed by atoms with van der Waals surface area (Å²) in [5.74, 6) is 2.39. The topological polar surface area (TPSA) is 0 Å². The van der Waals surface area contributed by atoms with Crippen LogP contribution in [-0.4, -0.2) is 0 Å². The van der Waals surface area contributed by atoms with Crippen LogP contribution in [0.1, 0.15) is 54.4 Å². The summed E-state index contributed by atoms with van der Waals surface area (Å²) < 4.78 is 0. The summed E-state index contributed by atoms with van der Waals surface area (Å²) in [6, 6.07) is 0. The van der Waals surface area contributed by atoms with Crippen LogP contribution >= 0.6 is 0 Å². The van der Waals surface area contributed by atoms with E-state index in [-0.39, 0.29) is 0 Å². The highest BCUT2D eigenvalue weighted by Gasteiger charge is 2.20. The second-order valence-corrected chi connectivity index (χ2v) is 4.57. The van der Waals surface area contributed by atoms with Crippen molar-refractivity contribution < 1.29 is 0 Å². The van der Waals surface area contributed by atoms with Crippen LogP contribution in [-0.2, 0) is 0 Å². The highest BCUT2D eigenvalue weighted by Crippen LogP contribution is 2.30. The smallest absolute Gasteiger partial charge is 0.0157 e. The number of rotatable bonds is 5. The van der Waals surface area contributed by atoms with E-state index in [1.807, 2.05) is 0 Å². The molecule has 0 amide bonds. The van der Waals surface area contributed by atoms with Gasteiger partial charge < -0.3 is 0 Å². The van der Waals surface area contributed by atoms with Gasteiger partial charge in [0.2, 0.25) is 0 Å². The maximum absolute atomic E-state index is 2.39. The first-order valence-corrected chi connectivity index (χ1v) is 5.67. The molecule has 0 aromatic rings. The van der Waals surface area contributed by atoms with E-state index >= 15 is 0 Å². The molecule has 0 heterocycles. The van der Waals surface area contributed by atoms with Gasteiger partial charge in [0.05, 0.1) is 0 Å². The SMILES string of the molecule is CC=C(C)C(C(C)C)C(C)CCC. The molecule has 0 radical (unpaired) electrons. The fourth-order valence-electron chi connectivity index (χ4n) is 2.46. The zero-order chi connectivity index (χ0) is 10.4. The minimum Gasteiger partial charge on any atom is -0.0884 e. The Morgan fingerprint density at radius 3 is 2.08 bits per heavy atom. The molecule has 0 saturated carbocycles. The maximum Gasteiger partial charge on any atom is -0.0157 e. The van der Waals surface area contributed by atoms with Gasteiger partial charge in [-0.25, -0.2) is 0 Å². The number of allylic oxidation sites excluding steroid dienone is 2. The van der Waals surface area contributed by atoms with Crippen molar-refractivity contribution in [1.82, 2.24) is 0 Å². The van der Waals surface area contributed by atoms with E-state index in [4.69, 9.17) is 0 Å². The Bertz CT molecular complexity index is 153. The van der Waals surface area contributed by atoms with Crippen LogP contribution in [0.4, 0.5) is 0 Å². The molecule has 0 fully saturated rings. The van der Waals surface area contributed by atoms with E-state index in [0.29, 0.717) is 0 Å². The van der Waals surface area contributed by atoms with E-state index in [0.717, 1.165) is 17.8 Å². The van der Waals surface area contributed by atoms with Gasteiger partial charge in [0, 0.05) is 0 Å². The summed E-state index contributed by atoms with van der Waals surface area (Å²) in [7, 11) is 0. The van der Waals surface area contributed by atoms with E-state index in [1.54, 1.807) is 5.57 Å². The van der Waals surface area contributed by atoms with Crippen LogP contribution in [0, 0.1) is 17.8 Å². The zero-order valence-corrected chi connectivity index (χ0v) is 10.2. The molecule has 0 aromatic heterocycles. The van der Waals surface area contributed by atoms with Crippen LogP contribution in [0.5, 0.6) is 0 Å². The van der Waals surface area contributed by atoms with Crippen LogP contribution in [0.2, 0.25) is 0 Å². The van der Waals surface area contributed by atoms with Crippen LogP contribution < -0.4 is 0 Å². The number of hydrogen-bond acceptors (Lipinski definition) is 0. The van der Waals surface area contributed by atoms with Gasteiger partial charge in [-0.15, -0.1) is 0 Å². The molecule has 0 nitrogen and oxygen atoms in total. The van der Waals surface area contributed by atoms with Crippen molar-refractivity contribution in [3.8, 4) is 0 Å². The van der Waals surface area contributed by atoms with Crippen molar-refractivity contribution in [1.29, 1.82) is 0 Å². The summed E-state index contributed by atoms with van der Waals surface area (Å²) in [5.41, 5.74) is 1.57. The number of hydrogen-bond donors (Lipinski definition) is 0. The van der Waals surface area contributed by atoms with Gasteiger partial charge in [0.25, 0.3) is 0 Å². The van der Waals surface area contributed by atoms with E-state index in [1.165, 1.54) is 12.8 Å². The van der Waals surface area contributed by atoms with Gasteiger partial charge >= 0.3 is 0 Å². The lowest BCUT2D eigenvalue weighted by atomic mass is 9.77. The molecule has 2 unspecified atom stereocenters. The van der Waals surface area contributed by atoms with Crippen molar-refractivity contribution in [2.45, 2.75) is 54.4 Å². The third-order valence-corrected chi connectivity index (χ3v) is 3.06. The Kier molecular flexibility index (Phi) is 6.11. The predicted molar refractivity (Wildman–Crippen MR) is 61.8 cm³/mol. The Balaban J connectivity index is 4.41. The minimum absolute atomic E-state index is 0.776. The third-order valence-electron chi connectivity index (χ3n) is 3.06. The lowest BCUT2D eigenvalue weighted by Gasteiger charge is -2.28. The van der Waals surface area contributed by atoms with E-state index in [9.17, 15) is 0 Å². The molecule has 2 atom stereocenters. The molecular formula is C13H26. The maximum atomic E-state index is 2.39. The minimum atomic E-state index is 0.776. The second kappa shape index (κ2) is 6.23. The normalized spacial score (nSPS) is 17.6. The molecule has 0 aliphatic carbocycles. The first-order chi connectivity index (χ1) is 6.04. The molecule has 0 rings (SSSR count). The standard InChI is InChI=1S/C13H26/c1-7-9-12(6)13(10(3)4)11(5)8-2/h8,10,12-13H,7,9H2,1-6H3. The molecule has 0 saturated heterocycles. The quantitative estimate of drug-likeness (QED) is 0.542. The van der Waals surface area contributed by atoms with Gasteiger partial charge in [-0.05, 0) is 31.6 Å². The van der Waals surface area contributed by atoms with Gasteiger partial charge in [-0.1, -0.05) is 52.2 Å². The predicted octanol–water partition coefficient (Wildman–Crippen LogP) is 4.66. The summed E-state index contributed by atoms with van der Waals surface area (Å²) >= 11 is 0. The van der Waals surface area contributed by atoms with Gasteiger partial charge in [0.1, 0.15) is 0 Å². The second-order valence-electron chi connectivity index (χ2n) is 4.57. The molecule has 0 aliphatic heterocycles. The van der Waals surface area contributed by atoms with Crippen molar-refractivity contribution in [3.05, 3.63) is 11.6 Å². The summed E-state index contributed by atoms with van der Waals surface area (Å²) in [5, 5.41) is 0. The van der Waals surface area contributed by atoms with Crippen LogP contribution in [0.15, 0.2) is 11.6 Å². The summed E-state index contributed by atoms with van der Waals surface area (Å²) in [4.78, 5) is 0. The zero-order valence-electron chi connectivity index (χ0n) is 10.2. The summed E-state index contributed by atoms with van der Waals surface area (Å²) in [6.07, 6.45) is 4.94. The lowest BCUT2D eigenvalue weighted by molar-refractivity contribution is 0.299. The molecular weight excluding hydrogens is 156 g/mol. The van der Waals surface area contributed by atoms with Gasteiger partial charge in [-0.3, -0.25) is 0 Å². The fraction of sp³-hybridized carbons (Fsp3) is 0.846. The molecule has 0 aromatic carbocycles. The van der Waals surface area contributed by atoms with Crippen molar-refractivity contribution in [3.63, 3.8) is 0 Å². The molecule has 78 valence electrons. The van der Waals surface area contributed by atoms with Crippen LogP contribution in [0.3, 0.4) is 0 Å². The molecule has 0 spiro atoms. The van der Waals surface area contributed by atoms with Crippen molar-refractivity contribution in [2.24, 2.45) is 17.8 Å². The highest BCUT2D eigenvalue weighted by atomic mass is 14.3. The Morgan fingerprint density at radius 1 is 1.23 bits per heavy atom. The Labute approximate surface area is 84.4 Å². The van der Waals surface area contributed by atoms with Gasteiger partial charge in [0.15, 0.2) is 0 Å². The Hall–Kier alpha value is -0.260. The van der Waals surface area contributed by atoms with Crippen molar-refractivity contribution >= 4 is 0 Å². The first kappa shape index (κ1) is 12.7. The fourth-order valence-corrected chi connectivity index (χ4v) is 2.46. The van der Waals surface area contributed by atoms with Crippen molar-refractivity contribution in [2.75, 3.05) is 0 Å². The lowest BCUT2D eigenvalue weighted by Crippen LogP contribution is -2.19. The molecule has 0 heteroatoms. The highest BCUT2D eigenvalue weighted by molar-refractivity contribution is 5.04. The first-order valence-electron chi connectivity index (χ1n) is 5.67. The average Bonchev–Trinajstić information content (AvgIpc) is 2.04. The van der Waals surface area contributed by atoms with Crippen LogP contribution in [0.25, 0.3) is 0 Å².